The van der Waals surface area contributed by atoms with Crippen molar-refractivity contribution in [1.29, 1.82) is 0 Å². The van der Waals surface area contributed by atoms with Crippen molar-refractivity contribution in [2.24, 2.45) is 0 Å². The van der Waals surface area contributed by atoms with Crippen molar-refractivity contribution in [3.8, 4) is 17.1 Å². The molecule has 3 aliphatic rings. The molecule has 1 fully saturated rings. The zero-order valence-electron chi connectivity index (χ0n) is 17.4. The highest BCUT2D eigenvalue weighted by Gasteiger charge is 2.37. The molecule has 6 rings (SSSR count). The molecule has 3 aromatic rings. The van der Waals surface area contributed by atoms with Gasteiger partial charge in [-0.15, -0.1) is 0 Å². The zero-order chi connectivity index (χ0) is 21.4. The van der Waals surface area contributed by atoms with Gasteiger partial charge in [0.05, 0.1) is 18.5 Å². The SMILES string of the molecule is COc1cc(NC(=O)N2c3nc(-c4cncc(C)c4)ccc3N3CCC2CC3)ncn1. The molecular formula is C22H23N7O2. The third kappa shape index (κ3) is 3.63. The Kier molecular flexibility index (Phi) is 4.85. The molecule has 0 radical (unpaired) electrons. The minimum atomic E-state index is -0.261. The minimum Gasteiger partial charge on any atom is -0.481 e. The quantitative estimate of drug-likeness (QED) is 0.699. The molecule has 0 aromatic carbocycles. The summed E-state index contributed by atoms with van der Waals surface area (Å²) in [5.41, 5.74) is 3.75. The number of nitrogens with one attached hydrogen (secondary N) is 1. The highest BCUT2D eigenvalue weighted by Crippen LogP contribution is 2.39. The average Bonchev–Trinajstić information content (AvgIpc) is 3.04. The van der Waals surface area contributed by atoms with Crippen LogP contribution >= 0.6 is 0 Å². The van der Waals surface area contributed by atoms with Gasteiger partial charge in [-0.2, -0.15) is 0 Å². The number of carbonyl (C=O) groups is 1. The predicted molar refractivity (Wildman–Crippen MR) is 118 cm³/mol. The molecule has 0 unspecified atom stereocenters. The highest BCUT2D eigenvalue weighted by molar-refractivity contribution is 6.03. The second-order valence-corrected chi connectivity index (χ2v) is 7.75. The number of aromatic nitrogens is 4. The zero-order valence-corrected chi connectivity index (χ0v) is 17.4. The number of aryl methyl sites for hydroxylation is 1. The van der Waals surface area contributed by atoms with Crippen molar-refractivity contribution in [2.45, 2.75) is 25.8 Å². The lowest BCUT2D eigenvalue weighted by molar-refractivity contribution is 0.253. The van der Waals surface area contributed by atoms with E-state index in [4.69, 9.17) is 9.72 Å². The van der Waals surface area contributed by atoms with E-state index < -0.39 is 0 Å². The third-order valence-corrected chi connectivity index (χ3v) is 5.73. The summed E-state index contributed by atoms with van der Waals surface area (Å²) in [6, 6.07) is 7.51. The maximum absolute atomic E-state index is 13.4. The van der Waals surface area contributed by atoms with Crippen molar-refractivity contribution in [3.05, 3.63) is 48.5 Å². The van der Waals surface area contributed by atoms with E-state index in [0.717, 1.165) is 48.4 Å². The fourth-order valence-electron chi connectivity index (χ4n) is 4.21. The molecule has 0 spiro atoms. The van der Waals surface area contributed by atoms with E-state index in [0.29, 0.717) is 17.5 Å². The Morgan fingerprint density at radius 2 is 2.00 bits per heavy atom. The van der Waals surface area contributed by atoms with E-state index in [1.165, 1.54) is 13.4 Å². The molecule has 6 heterocycles. The van der Waals surface area contributed by atoms with Gasteiger partial charge in [0.2, 0.25) is 5.88 Å². The molecule has 158 valence electrons. The second-order valence-electron chi connectivity index (χ2n) is 7.75. The maximum Gasteiger partial charge on any atom is 0.328 e. The predicted octanol–water partition coefficient (Wildman–Crippen LogP) is 3.27. The molecule has 0 atom stereocenters. The van der Waals surface area contributed by atoms with Gasteiger partial charge in [-0.1, -0.05) is 0 Å². The number of fused-ring (bicyclic) bond motifs is 2. The lowest BCUT2D eigenvalue weighted by atomic mass is 10.1. The first kappa shape index (κ1) is 19.2. The molecule has 3 aliphatic heterocycles. The van der Waals surface area contributed by atoms with Crippen LogP contribution in [-0.2, 0) is 0 Å². The van der Waals surface area contributed by atoms with E-state index in [1.807, 2.05) is 25.3 Å². The fraction of sp³-hybridized carbons (Fsp3) is 0.318. The third-order valence-electron chi connectivity index (χ3n) is 5.73. The minimum absolute atomic E-state index is 0.0691. The van der Waals surface area contributed by atoms with Gasteiger partial charge in [0.1, 0.15) is 12.1 Å². The van der Waals surface area contributed by atoms with E-state index >= 15 is 0 Å². The molecule has 0 saturated carbocycles. The summed E-state index contributed by atoms with van der Waals surface area (Å²) in [5, 5.41) is 2.89. The number of ether oxygens (including phenoxy) is 1. The van der Waals surface area contributed by atoms with Crippen LogP contribution < -0.4 is 19.9 Å². The van der Waals surface area contributed by atoms with Gasteiger partial charge >= 0.3 is 6.03 Å². The number of amides is 2. The van der Waals surface area contributed by atoms with E-state index in [-0.39, 0.29) is 12.1 Å². The molecule has 1 N–H and O–H groups in total. The molecule has 3 aromatic heterocycles. The van der Waals surface area contributed by atoms with E-state index in [9.17, 15) is 4.79 Å². The van der Waals surface area contributed by atoms with Gasteiger partial charge in [-0.05, 0) is 43.5 Å². The van der Waals surface area contributed by atoms with Gasteiger partial charge in [-0.25, -0.2) is 19.7 Å². The summed E-state index contributed by atoms with van der Waals surface area (Å²) in [6.07, 6.45) is 6.75. The average molecular weight is 417 g/mol. The number of urea groups is 1. The van der Waals surface area contributed by atoms with Gasteiger partial charge in [0.15, 0.2) is 5.82 Å². The molecule has 1 saturated heterocycles. The smallest absolute Gasteiger partial charge is 0.328 e. The summed E-state index contributed by atoms with van der Waals surface area (Å²) in [4.78, 5) is 34.9. The number of hydrogen-bond acceptors (Lipinski definition) is 7. The largest absolute Gasteiger partial charge is 0.481 e. The van der Waals surface area contributed by atoms with Crippen molar-refractivity contribution in [3.63, 3.8) is 0 Å². The van der Waals surface area contributed by atoms with Gasteiger partial charge in [-0.3, -0.25) is 15.2 Å². The van der Waals surface area contributed by atoms with Crippen LogP contribution in [0.25, 0.3) is 11.3 Å². The first-order valence-electron chi connectivity index (χ1n) is 10.3. The topological polar surface area (TPSA) is 96.4 Å². The van der Waals surface area contributed by atoms with Gasteiger partial charge in [0.25, 0.3) is 0 Å². The number of piperidine rings is 1. The Hall–Kier alpha value is -3.75. The lowest BCUT2D eigenvalue weighted by Gasteiger charge is -2.31. The van der Waals surface area contributed by atoms with Crippen LogP contribution in [0.4, 0.5) is 22.1 Å². The molecular weight excluding hydrogens is 394 g/mol. The first-order chi connectivity index (χ1) is 15.1. The number of carbonyl (C=O) groups excluding carboxylic acids is 1. The van der Waals surface area contributed by atoms with Crippen molar-refractivity contribution < 1.29 is 9.53 Å². The monoisotopic (exact) mass is 417 g/mol. The van der Waals surface area contributed by atoms with Gasteiger partial charge < -0.3 is 9.64 Å². The van der Waals surface area contributed by atoms with Crippen LogP contribution in [-0.4, -0.2) is 52.2 Å². The Balaban J connectivity index is 1.54. The van der Waals surface area contributed by atoms with Gasteiger partial charge in [0, 0.05) is 43.2 Å². The Morgan fingerprint density at radius 1 is 1.16 bits per heavy atom. The summed E-state index contributed by atoms with van der Waals surface area (Å²) in [6.45, 7) is 3.80. The molecule has 9 nitrogen and oxygen atoms in total. The fourth-order valence-corrected chi connectivity index (χ4v) is 4.21. The van der Waals surface area contributed by atoms with Crippen LogP contribution in [0.2, 0.25) is 0 Å². The van der Waals surface area contributed by atoms with Crippen molar-refractivity contribution in [2.75, 3.05) is 35.3 Å². The molecule has 9 heteroatoms. The highest BCUT2D eigenvalue weighted by atomic mass is 16.5. The Morgan fingerprint density at radius 3 is 2.77 bits per heavy atom. The summed E-state index contributed by atoms with van der Waals surface area (Å²) >= 11 is 0. The molecule has 2 bridgehead atoms. The van der Waals surface area contributed by atoms with Crippen LogP contribution in [0.15, 0.2) is 43.0 Å². The Bertz CT molecular complexity index is 1130. The molecule has 2 amide bonds. The molecule has 0 aliphatic carbocycles. The van der Waals surface area contributed by atoms with Crippen LogP contribution in [0, 0.1) is 6.92 Å². The number of hydrogen-bond donors (Lipinski definition) is 1. The van der Waals surface area contributed by atoms with E-state index in [1.54, 1.807) is 17.2 Å². The first-order valence-corrected chi connectivity index (χ1v) is 10.3. The normalized spacial score (nSPS) is 15.4. The lowest BCUT2D eigenvalue weighted by Crippen LogP contribution is -2.46. The van der Waals surface area contributed by atoms with Crippen LogP contribution in [0.3, 0.4) is 0 Å². The summed E-state index contributed by atoms with van der Waals surface area (Å²) in [5.74, 6) is 1.44. The van der Waals surface area contributed by atoms with Crippen molar-refractivity contribution >= 4 is 23.4 Å². The van der Waals surface area contributed by atoms with Crippen LogP contribution in [0.5, 0.6) is 5.88 Å². The summed E-state index contributed by atoms with van der Waals surface area (Å²) in [7, 11) is 1.53. The number of methoxy groups -OCH3 is 1. The number of pyridine rings is 2. The second kappa shape index (κ2) is 7.82. The molecule has 31 heavy (non-hydrogen) atoms. The van der Waals surface area contributed by atoms with Crippen molar-refractivity contribution in [1.82, 2.24) is 19.9 Å². The van der Waals surface area contributed by atoms with Crippen LogP contribution in [0.1, 0.15) is 18.4 Å². The number of nitrogens with zero attached hydrogens (tertiary/aromatic N) is 6. The summed E-state index contributed by atoms with van der Waals surface area (Å²) < 4.78 is 5.14. The standard InChI is InChI=1S/C22H23N7O2/c1-14-9-15(12-23-11-14)17-3-4-18-21(26-17)29(16-5-7-28(18)8-6-16)22(30)27-19-10-20(31-2)25-13-24-19/h3-4,9-13,16H,5-8H2,1-2H3,(H,24,25,27,30). The number of anilines is 3. The maximum atomic E-state index is 13.4. The number of rotatable bonds is 3. The van der Waals surface area contributed by atoms with E-state index in [2.05, 4.69) is 31.2 Å². The Labute approximate surface area is 180 Å².